The van der Waals surface area contributed by atoms with Gasteiger partial charge in [-0.15, -0.1) is 0 Å². The summed E-state index contributed by atoms with van der Waals surface area (Å²) >= 11 is 7.41. The molecule has 0 radical (unpaired) electrons. The molecule has 0 fully saturated rings. The van der Waals surface area contributed by atoms with Gasteiger partial charge in [-0.05, 0) is 22.6 Å². The van der Waals surface area contributed by atoms with Gasteiger partial charge in [-0.25, -0.2) is 8.78 Å². The van der Waals surface area contributed by atoms with Crippen molar-refractivity contribution in [1.29, 1.82) is 0 Å². The van der Waals surface area contributed by atoms with Gasteiger partial charge in [-0.3, -0.25) is 9.78 Å². The first-order chi connectivity index (χ1) is 6.93. The van der Waals surface area contributed by atoms with E-state index in [-0.39, 0.29) is 10.7 Å². The average Bonchev–Trinajstić information content (AvgIpc) is 2.10. The summed E-state index contributed by atoms with van der Waals surface area (Å²) in [5.41, 5.74) is -0.686. The fourth-order valence-electron chi connectivity index (χ4n) is 1.02. The number of rotatable bonds is 3. The molecule has 1 heterocycles. The maximum Gasteiger partial charge on any atom is 0.309 e. The molecular weight excluding hydrogens is 342 g/mol. The van der Waals surface area contributed by atoms with Crippen molar-refractivity contribution in [3.63, 3.8) is 0 Å². The quantitative estimate of drug-likeness (QED) is 0.856. The van der Waals surface area contributed by atoms with Crippen molar-refractivity contribution in [2.45, 2.75) is 12.8 Å². The summed E-state index contributed by atoms with van der Waals surface area (Å²) < 4.78 is 25.6. The molecule has 3 nitrogen and oxygen atoms in total. The Hall–Kier alpha value is -0.500. The predicted octanol–water partition coefficient (Wildman–Crippen LogP) is 2.90. The molecule has 0 aliphatic heterocycles. The van der Waals surface area contributed by atoms with Gasteiger partial charge in [0.2, 0.25) is 0 Å². The molecule has 7 heteroatoms. The number of alkyl halides is 2. The van der Waals surface area contributed by atoms with Crippen LogP contribution < -0.4 is 0 Å². The third kappa shape index (κ3) is 2.97. The summed E-state index contributed by atoms with van der Waals surface area (Å²) in [6.45, 7) is 0. The van der Waals surface area contributed by atoms with Crippen LogP contribution in [0.1, 0.15) is 17.7 Å². The van der Waals surface area contributed by atoms with Crippen molar-refractivity contribution in [2.24, 2.45) is 0 Å². The lowest BCUT2D eigenvalue weighted by Crippen LogP contribution is -2.07. The molecule has 0 amide bonds. The smallest absolute Gasteiger partial charge is 0.309 e. The van der Waals surface area contributed by atoms with E-state index in [0.29, 0.717) is 3.57 Å². The highest BCUT2D eigenvalue weighted by Gasteiger charge is 2.21. The van der Waals surface area contributed by atoms with Crippen molar-refractivity contribution < 1.29 is 18.7 Å². The van der Waals surface area contributed by atoms with E-state index in [9.17, 15) is 13.6 Å². The lowest BCUT2D eigenvalue weighted by Gasteiger charge is -2.09. The zero-order valence-corrected chi connectivity index (χ0v) is 10.1. The largest absolute Gasteiger partial charge is 0.481 e. The monoisotopic (exact) mass is 347 g/mol. The Morgan fingerprint density at radius 3 is 2.73 bits per heavy atom. The second kappa shape index (κ2) is 5.02. The molecule has 0 saturated carbocycles. The Bertz CT molecular complexity index is 400. The molecule has 0 aliphatic rings. The molecule has 0 bridgehead atoms. The first-order valence-corrected chi connectivity index (χ1v) is 5.22. The fourth-order valence-corrected chi connectivity index (χ4v) is 1.69. The van der Waals surface area contributed by atoms with E-state index in [1.165, 1.54) is 6.20 Å². The van der Waals surface area contributed by atoms with Gasteiger partial charge in [0, 0.05) is 6.20 Å². The normalized spacial score (nSPS) is 10.7. The van der Waals surface area contributed by atoms with Gasteiger partial charge in [0.15, 0.2) is 0 Å². The molecule has 0 saturated heterocycles. The van der Waals surface area contributed by atoms with E-state index in [4.69, 9.17) is 16.7 Å². The van der Waals surface area contributed by atoms with Crippen LogP contribution in [0.15, 0.2) is 6.20 Å². The summed E-state index contributed by atoms with van der Waals surface area (Å²) in [5, 5.41) is 8.38. The number of carboxylic acid groups (broad SMARTS) is 1. The molecule has 1 rings (SSSR count). The second-order valence-corrected chi connectivity index (χ2v) is 4.19. The summed E-state index contributed by atoms with van der Waals surface area (Å²) in [7, 11) is 0. The third-order valence-corrected chi connectivity index (χ3v) is 3.17. The lowest BCUT2D eigenvalue weighted by molar-refractivity contribution is -0.136. The predicted molar refractivity (Wildman–Crippen MR) is 58.3 cm³/mol. The average molecular weight is 347 g/mol. The molecule has 82 valence electrons. The maximum absolute atomic E-state index is 12.6. The van der Waals surface area contributed by atoms with E-state index in [2.05, 4.69) is 4.98 Å². The Balaban J connectivity index is 3.26. The van der Waals surface area contributed by atoms with E-state index in [0.717, 1.165) is 0 Å². The van der Waals surface area contributed by atoms with Crippen LogP contribution in [-0.4, -0.2) is 16.1 Å². The molecule has 0 spiro atoms. The summed E-state index contributed by atoms with van der Waals surface area (Å²) in [4.78, 5) is 14.1. The number of hydrogen-bond donors (Lipinski definition) is 1. The topological polar surface area (TPSA) is 50.2 Å². The van der Waals surface area contributed by atoms with Crippen molar-refractivity contribution >= 4 is 40.2 Å². The van der Waals surface area contributed by atoms with Crippen molar-refractivity contribution in [1.82, 2.24) is 4.98 Å². The molecule has 1 aromatic heterocycles. The molecule has 15 heavy (non-hydrogen) atoms. The van der Waals surface area contributed by atoms with E-state index >= 15 is 0 Å². The Kier molecular flexibility index (Phi) is 4.21. The minimum absolute atomic E-state index is 0.128. The second-order valence-electron chi connectivity index (χ2n) is 2.65. The first-order valence-electron chi connectivity index (χ1n) is 3.76. The van der Waals surface area contributed by atoms with Gasteiger partial charge in [0.05, 0.1) is 26.3 Å². The number of aromatic nitrogens is 1. The van der Waals surface area contributed by atoms with Crippen LogP contribution in [-0.2, 0) is 11.2 Å². The van der Waals surface area contributed by atoms with Crippen LogP contribution >= 0.6 is 34.2 Å². The van der Waals surface area contributed by atoms with Crippen LogP contribution in [0.3, 0.4) is 0 Å². The van der Waals surface area contributed by atoms with E-state index < -0.39 is 24.4 Å². The highest BCUT2D eigenvalue weighted by atomic mass is 127. The van der Waals surface area contributed by atoms with Crippen LogP contribution in [0, 0.1) is 3.57 Å². The lowest BCUT2D eigenvalue weighted by atomic mass is 10.1. The number of aliphatic carboxylic acids is 1. The van der Waals surface area contributed by atoms with E-state index in [1.54, 1.807) is 22.6 Å². The number of carbonyl (C=O) groups is 1. The van der Waals surface area contributed by atoms with Gasteiger partial charge < -0.3 is 5.11 Å². The number of nitrogens with zero attached hydrogens (tertiary/aromatic N) is 1. The van der Waals surface area contributed by atoms with Gasteiger partial charge in [0.25, 0.3) is 6.43 Å². The highest BCUT2D eigenvalue weighted by Crippen LogP contribution is 2.32. The molecule has 0 aromatic carbocycles. The van der Waals surface area contributed by atoms with E-state index in [1.807, 2.05) is 0 Å². The summed E-state index contributed by atoms with van der Waals surface area (Å²) in [6, 6.07) is 0. The van der Waals surface area contributed by atoms with Crippen LogP contribution in [0.4, 0.5) is 8.78 Å². The van der Waals surface area contributed by atoms with Gasteiger partial charge in [-0.2, -0.15) is 0 Å². The van der Waals surface area contributed by atoms with Gasteiger partial charge in [0.1, 0.15) is 0 Å². The van der Waals surface area contributed by atoms with Gasteiger partial charge in [-0.1, -0.05) is 11.6 Å². The number of pyridine rings is 1. The third-order valence-electron chi connectivity index (χ3n) is 1.63. The SMILES string of the molecule is O=C(O)Cc1ncc(I)c(Cl)c1C(F)F. The molecule has 1 aromatic rings. The number of carboxylic acids is 1. The standard InChI is InChI=1S/C8H5ClF2INO2/c9-7-3(12)2-13-4(1-5(14)15)6(7)8(10)11/h2,8H,1H2,(H,14,15). The van der Waals surface area contributed by atoms with Crippen LogP contribution in [0.5, 0.6) is 0 Å². The molecule has 1 N–H and O–H groups in total. The maximum atomic E-state index is 12.6. The summed E-state index contributed by atoms with van der Waals surface area (Å²) in [5.74, 6) is -1.22. The molecule has 0 atom stereocenters. The Morgan fingerprint density at radius 2 is 2.27 bits per heavy atom. The minimum atomic E-state index is -2.82. The summed E-state index contributed by atoms with van der Waals surface area (Å²) in [6.07, 6.45) is -2.11. The highest BCUT2D eigenvalue weighted by molar-refractivity contribution is 14.1. The van der Waals surface area contributed by atoms with Gasteiger partial charge >= 0.3 is 5.97 Å². The first kappa shape index (κ1) is 12.6. The Morgan fingerprint density at radius 1 is 1.67 bits per heavy atom. The van der Waals surface area contributed by atoms with Crippen molar-refractivity contribution in [2.75, 3.05) is 0 Å². The fraction of sp³-hybridized carbons (Fsp3) is 0.250. The number of hydrogen-bond acceptors (Lipinski definition) is 2. The minimum Gasteiger partial charge on any atom is -0.481 e. The molecule has 0 unspecified atom stereocenters. The molecule has 0 aliphatic carbocycles. The zero-order valence-electron chi connectivity index (χ0n) is 7.18. The van der Waals surface area contributed by atoms with Crippen molar-refractivity contribution in [3.8, 4) is 0 Å². The Labute approximate surface area is 103 Å². The van der Waals surface area contributed by atoms with Crippen LogP contribution in [0.2, 0.25) is 5.02 Å². The number of halogens is 4. The molecular formula is C8H5ClF2INO2. The van der Waals surface area contributed by atoms with Crippen molar-refractivity contribution in [3.05, 3.63) is 26.0 Å². The van der Waals surface area contributed by atoms with Crippen LogP contribution in [0.25, 0.3) is 0 Å². The zero-order chi connectivity index (χ0) is 11.6.